The molecule has 0 saturated heterocycles. The Morgan fingerprint density at radius 3 is 2.12 bits per heavy atom. The van der Waals surface area contributed by atoms with Gasteiger partial charge in [-0.05, 0) is 6.98 Å². The minimum Gasteiger partial charge on any atom is -0.395 e. The Hall–Kier alpha value is -0.120. The van der Waals surface area contributed by atoms with Crippen molar-refractivity contribution in [1.29, 1.82) is 0 Å². The Morgan fingerprint density at radius 2 is 1.88 bits per heavy atom. The van der Waals surface area contributed by atoms with E-state index in [9.17, 15) is 0 Å². The average molecular weight is 122 g/mol. The van der Waals surface area contributed by atoms with Gasteiger partial charge in [-0.15, -0.1) is 0 Å². The summed E-state index contributed by atoms with van der Waals surface area (Å²) in [6, 6.07) is 0. The normalized spacial score (nSPS) is 17.6. The fourth-order valence-electron chi connectivity index (χ4n) is 0.353. The highest BCUT2D eigenvalue weighted by atomic mass is 16.3. The summed E-state index contributed by atoms with van der Waals surface area (Å²) in [6.45, 7) is -2.50. The van der Waals surface area contributed by atoms with E-state index in [-0.39, 0.29) is 26.3 Å². The summed E-state index contributed by atoms with van der Waals surface area (Å²) < 4.78 is 20.8. The van der Waals surface area contributed by atoms with Crippen LogP contribution in [0.25, 0.3) is 0 Å². The molecule has 50 valence electrons. The predicted molar refractivity (Wildman–Crippen MR) is 31.7 cm³/mol. The maximum atomic E-state index is 8.45. The smallest absolute Gasteiger partial charge is 0.0558 e. The van der Waals surface area contributed by atoms with Gasteiger partial charge in [0.2, 0.25) is 0 Å². The maximum absolute atomic E-state index is 8.45. The topological polar surface area (TPSA) is 43.7 Å². The van der Waals surface area contributed by atoms with Crippen molar-refractivity contribution >= 4 is 0 Å². The molecule has 3 nitrogen and oxygen atoms in total. The molecule has 0 aromatic carbocycles. The summed E-state index contributed by atoms with van der Waals surface area (Å²) in [6.07, 6.45) is 0. The van der Waals surface area contributed by atoms with Crippen molar-refractivity contribution in [2.75, 3.05) is 33.3 Å². The molecule has 0 aliphatic rings. The fourth-order valence-corrected chi connectivity index (χ4v) is 0.353. The highest BCUT2D eigenvalue weighted by Crippen LogP contribution is 1.76. The van der Waals surface area contributed by atoms with Crippen molar-refractivity contribution < 1.29 is 14.3 Å². The zero-order valence-electron chi connectivity index (χ0n) is 7.67. The summed E-state index contributed by atoms with van der Waals surface area (Å²) in [4.78, 5) is 1.05. The highest BCUT2D eigenvalue weighted by Gasteiger charge is 1.91. The lowest BCUT2D eigenvalue weighted by molar-refractivity contribution is 0.184. The lowest BCUT2D eigenvalue weighted by Gasteiger charge is -2.11. The fraction of sp³-hybridized carbons (Fsp3) is 1.00. The van der Waals surface area contributed by atoms with Crippen molar-refractivity contribution in [3.05, 3.63) is 0 Å². The summed E-state index contributed by atoms with van der Waals surface area (Å²) in [5.41, 5.74) is 0. The van der Waals surface area contributed by atoms with Crippen molar-refractivity contribution in [3.63, 3.8) is 0 Å². The predicted octanol–water partition coefficient (Wildman–Crippen LogP) is -1.10. The molecule has 0 aliphatic carbocycles. The highest BCUT2D eigenvalue weighted by molar-refractivity contribution is 4.45. The Labute approximate surface area is 53.8 Å². The standard InChI is InChI=1S/C5H13NO2/c1-6(2-4-7)3-5-8/h7-8H,2-5H2,1H3/i1D3. The van der Waals surface area contributed by atoms with Crippen LogP contribution in [0.1, 0.15) is 4.11 Å². The van der Waals surface area contributed by atoms with Gasteiger partial charge in [0.1, 0.15) is 0 Å². The Balaban J connectivity index is 3.88. The molecule has 0 heterocycles. The van der Waals surface area contributed by atoms with Crippen LogP contribution in [0.15, 0.2) is 0 Å². The lowest BCUT2D eigenvalue weighted by atomic mass is 10.5. The molecular formula is C5H13NO2. The van der Waals surface area contributed by atoms with E-state index in [4.69, 9.17) is 14.3 Å². The van der Waals surface area contributed by atoms with Crippen LogP contribution in [0.2, 0.25) is 0 Å². The Morgan fingerprint density at radius 1 is 1.38 bits per heavy atom. The van der Waals surface area contributed by atoms with E-state index in [1.54, 1.807) is 0 Å². The van der Waals surface area contributed by atoms with Gasteiger partial charge in [0.15, 0.2) is 0 Å². The molecule has 3 heteroatoms. The van der Waals surface area contributed by atoms with Gasteiger partial charge in [0.05, 0.1) is 13.2 Å². The van der Waals surface area contributed by atoms with Gasteiger partial charge in [-0.25, -0.2) is 0 Å². The number of likely N-dealkylation sites (N-methyl/N-ethyl adjacent to an activating group) is 1. The largest absolute Gasteiger partial charge is 0.395 e. The second-order valence-corrected chi connectivity index (χ2v) is 1.43. The van der Waals surface area contributed by atoms with Crippen molar-refractivity contribution in [2.24, 2.45) is 0 Å². The van der Waals surface area contributed by atoms with E-state index in [1.807, 2.05) is 0 Å². The number of nitrogens with zero attached hydrogens (tertiary/aromatic N) is 1. The number of hydrogen-bond acceptors (Lipinski definition) is 3. The minimum absolute atomic E-state index is 0.0665. The second kappa shape index (κ2) is 5.03. The summed E-state index contributed by atoms with van der Waals surface area (Å²) >= 11 is 0. The molecule has 8 heavy (non-hydrogen) atoms. The van der Waals surface area contributed by atoms with Crippen molar-refractivity contribution in [1.82, 2.24) is 4.90 Å². The number of rotatable bonds is 4. The van der Waals surface area contributed by atoms with Gasteiger partial charge in [-0.2, -0.15) is 0 Å². The molecule has 0 aliphatic heterocycles. The summed E-state index contributed by atoms with van der Waals surface area (Å²) in [5.74, 6) is 0. The molecule has 0 saturated carbocycles. The maximum Gasteiger partial charge on any atom is 0.0558 e. The van der Waals surface area contributed by atoms with Crippen LogP contribution in [0.5, 0.6) is 0 Å². The van der Waals surface area contributed by atoms with Crippen LogP contribution in [-0.2, 0) is 0 Å². The quantitative estimate of drug-likeness (QED) is 0.497. The molecule has 0 atom stereocenters. The van der Waals surface area contributed by atoms with E-state index in [0.29, 0.717) is 0 Å². The van der Waals surface area contributed by atoms with Crippen molar-refractivity contribution in [3.8, 4) is 0 Å². The number of hydrogen-bond donors (Lipinski definition) is 2. The van der Waals surface area contributed by atoms with Crippen LogP contribution in [0, 0.1) is 0 Å². The minimum atomic E-state index is -2.22. The Kier molecular flexibility index (Phi) is 2.40. The summed E-state index contributed by atoms with van der Waals surface area (Å²) in [5, 5.41) is 16.9. The van der Waals surface area contributed by atoms with Gasteiger partial charge in [0.25, 0.3) is 0 Å². The van der Waals surface area contributed by atoms with Crippen LogP contribution in [-0.4, -0.2) is 48.4 Å². The first-order valence-corrected chi connectivity index (χ1v) is 2.49. The van der Waals surface area contributed by atoms with Gasteiger partial charge in [-0.3, -0.25) is 0 Å². The van der Waals surface area contributed by atoms with Crippen LogP contribution < -0.4 is 0 Å². The van der Waals surface area contributed by atoms with Crippen LogP contribution in [0.4, 0.5) is 0 Å². The van der Waals surface area contributed by atoms with E-state index in [0.717, 1.165) is 4.90 Å². The molecule has 0 bridgehead atoms. The van der Waals surface area contributed by atoms with Gasteiger partial charge in [0, 0.05) is 17.2 Å². The number of aliphatic hydroxyl groups excluding tert-OH is 2. The van der Waals surface area contributed by atoms with Crippen LogP contribution in [0.3, 0.4) is 0 Å². The molecule has 0 spiro atoms. The van der Waals surface area contributed by atoms with E-state index >= 15 is 0 Å². The molecule has 2 N–H and O–H groups in total. The molecule has 0 aromatic rings. The molecule has 0 unspecified atom stereocenters. The Bertz CT molecular complexity index is 100. The molecule has 0 radical (unpaired) electrons. The summed E-state index contributed by atoms with van der Waals surface area (Å²) in [7, 11) is 0. The monoisotopic (exact) mass is 122 g/mol. The molecule has 0 fully saturated rings. The first-order chi connectivity index (χ1) is 5.02. The first kappa shape index (κ1) is 3.82. The molecule has 0 amide bonds. The first-order valence-electron chi connectivity index (χ1n) is 3.99. The van der Waals surface area contributed by atoms with Gasteiger partial charge in [-0.1, -0.05) is 0 Å². The van der Waals surface area contributed by atoms with Crippen LogP contribution >= 0.6 is 0 Å². The zero-order valence-corrected chi connectivity index (χ0v) is 4.67. The molecular weight excluding hydrogens is 106 g/mol. The third-order valence-electron chi connectivity index (χ3n) is 0.740. The molecule has 0 rings (SSSR count). The van der Waals surface area contributed by atoms with E-state index in [2.05, 4.69) is 0 Å². The second-order valence-electron chi connectivity index (χ2n) is 1.43. The van der Waals surface area contributed by atoms with E-state index < -0.39 is 6.98 Å². The lowest BCUT2D eigenvalue weighted by Crippen LogP contribution is -2.25. The van der Waals surface area contributed by atoms with Gasteiger partial charge < -0.3 is 15.1 Å². The zero-order chi connectivity index (χ0) is 8.91. The SMILES string of the molecule is [2H]C([2H])([2H])N(CCO)CCO. The van der Waals surface area contributed by atoms with Gasteiger partial charge >= 0.3 is 0 Å². The number of aliphatic hydroxyl groups is 2. The average Bonchev–Trinajstić information content (AvgIpc) is 1.85. The third kappa shape index (κ3) is 4.05. The van der Waals surface area contributed by atoms with E-state index in [1.165, 1.54) is 0 Å². The molecule has 0 aromatic heterocycles. The van der Waals surface area contributed by atoms with Crippen molar-refractivity contribution in [2.45, 2.75) is 0 Å². The third-order valence-corrected chi connectivity index (χ3v) is 0.740.